The second-order valence-electron chi connectivity index (χ2n) is 9.59. The van der Waals surface area contributed by atoms with E-state index in [0.717, 1.165) is 51.6 Å². The van der Waals surface area contributed by atoms with Crippen molar-refractivity contribution in [2.24, 2.45) is 0 Å². The average Bonchev–Trinajstić information content (AvgIpc) is 3.54. The predicted molar refractivity (Wildman–Crippen MR) is 119 cm³/mol. The topological polar surface area (TPSA) is 56.6 Å². The molecule has 0 aliphatic carbocycles. The molecule has 4 aliphatic heterocycles. The van der Waals surface area contributed by atoms with E-state index in [2.05, 4.69) is 72.2 Å². The third-order valence-electron chi connectivity index (χ3n) is 6.63. The van der Waals surface area contributed by atoms with Crippen LogP contribution in [0.4, 0.5) is 11.4 Å². The monoisotopic (exact) mass is 422 g/mol. The molecule has 0 spiro atoms. The van der Waals surface area contributed by atoms with Crippen LogP contribution in [-0.4, -0.2) is 63.2 Å². The summed E-state index contributed by atoms with van der Waals surface area (Å²) in [6.45, 7) is 9.40. The highest BCUT2D eigenvalue weighted by Crippen LogP contribution is 2.46. The number of anilines is 2. The number of hydrogen-bond donors (Lipinski definition) is 0. The van der Waals surface area contributed by atoms with E-state index in [1.54, 1.807) is 0 Å². The summed E-state index contributed by atoms with van der Waals surface area (Å²) in [6, 6.07) is 17.8. The number of nitrogens with zero attached hydrogens (tertiary/aromatic N) is 2. The van der Waals surface area contributed by atoms with Gasteiger partial charge in [-0.3, -0.25) is 0 Å². The molecular weight excluding hydrogens is 392 g/mol. The van der Waals surface area contributed by atoms with Gasteiger partial charge in [-0.25, -0.2) is 0 Å². The molecule has 6 rings (SSSR count). The van der Waals surface area contributed by atoms with Crippen molar-refractivity contribution in [3.05, 3.63) is 59.7 Å². The number of ether oxygens (including phenoxy) is 4. The van der Waals surface area contributed by atoms with Crippen LogP contribution in [0.15, 0.2) is 48.5 Å². The Kier molecular flexibility index (Phi) is 4.54. The second kappa shape index (κ2) is 7.20. The molecule has 164 valence electrons. The minimum absolute atomic E-state index is 0.245. The molecule has 0 bridgehead atoms. The quantitative estimate of drug-likeness (QED) is 0.548. The van der Waals surface area contributed by atoms with E-state index in [0.29, 0.717) is 12.2 Å². The highest BCUT2D eigenvalue weighted by Gasteiger charge is 2.58. The summed E-state index contributed by atoms with van der Waals surface area (Å²) in [7, 11) is 0. The zero-order valence-electron chi connectivity index (χ0n) is 18.3. The Balaban J connectivity index is 1.13. The van der Waals surface area contributed by atoms with E-state index in [-0.39, 0.29) is 11.4 Å². The summed E-state index contributed by atoms with van der Waals surface area (Å²) in [5, 5.41) is 0. The summed E-state index contributed by atoms with van der Waals surface area (Å²) in [5.41, 5.74) is 4.52. The molecule has 4 aliphatic rings. The molecule has 4 heterocycles. The Morgan fingerprint density at radius 1 is 0.742 bits per heavy atom. The summed E-state index contributed by atoms with van der Waals surface area (Å²) in [6.07, 6.45) is 1.67. The van der Waals surface area contributed by atoms with Gasteiger partial charge in [-0.2, -0.15) is 0 Å². The van der Waals surface area contributed by atoms with Crippen LogP contribution in [0, 0.1) is 0 Å². The van der Waals surface area contributed by atoms with Crippen molar-refractivity contribution in [3.8, 4) is 0 Å². The normalized spacial score (nSPS) is 32.5. The van der Waals surface area contributed by atoms with Crippen molar-refractivity contribution >= 4 is 11.4 Å². The molecule has 6 heteroatoms. The van der Waals surface area contributed by atoms with Crippen LogP contribution >= 0.6 is 0 Å². The van der Waals surface area contributed by atoms with E-state index in [1.807, 2.05) is 0 Å². The third-order valence-corrected chi connectivity index (χ3v) is 6.63. The molecule has 0 amide bonds. The first-order valence-corrected chi connectivity index (χ1v) is 11.3. The van der Waals surface area contributed by atoms with Crippen molar-refractivity contribution in [2.45, 2.75) is 43.9 Å². The summed E-state index contributed by atoms with van der Waals surface area (Å²) in [5.74, 6) is 0. The van der Waals surface area contributed by atoms with Crippen molar-refractivity contribution in [3.63, 3.8) is 0 Å². The highest BCUT2D eigenvalue weighted by atomic mass is 16.7. The first-order valence-electron chi connectivity index (χ1n) is 11.3. The third kappa shape index (κ3) is 4.30. The maximum atomic E-state index is 5.72. The number of rotatable bonds is 10. The minimum Gasteiger partial charge on any atom is -0.371 e. The van der Waals surface area contributed by atoms with Crippen molar-refractivity contribution in [1.29, 1.82) is 0 Å². The van der Waals surface area contributed by atoms with Gasteiger partial charge in [0.2, 0.25) is 0 Å². The Morgan fingerprint density at radius 2 is 1.16 bits per heavy atom. The maximum Gasteiger partial charge on any atom is 0.164 e. The zero-order valence-corrected chi connectivity index (χ0v) is 18.3. The molecule has 6 nitrogen and oxygen atoms in total. The van der Waals surface area contributed by atoms with Gasteiger partial charge in [0.05, 0.1) is 38.6 Å². The Labute approximate surface area is 183 Å². The average molecular weight is 423 g/mol. The van der Waals surface area contributed by atoms with Crippen LogP contribution in [0.1, 0.15) is 25.0 Å². The number of benzene rings is 2. The van der Waals surface area contributed by atoms with E-state index >= 15 is 0 Å². The Bertz CT molecular complexity index is 897. The number of hydrogen-bond acceptors (Lipinski definition) is 6. The second-order valence-corrected chi connectivity index (χ2v) is 9.59. The Hall–Kier alpha value is -2.12. The molecule has 2 aromatic carbocycles. The summed E-state index contributed by atoms with van der Waals surface area (Å²) < 4.78 is 22.3. The smallest absolute Gasteiger partial charge is 0.164 e. The fourth-order valence-electron chi connectivity index (χ4n) is 4.46. The molecule has 0 aromatic heterocycles. The lowest BCUT2D eigenvalue weighted by molar-refractivity contribution is 0.231. The van der Waals surface area contributed by atoms with Gasteiger partial charge in [0, 0.05) is 24.5 Å². The standard InChI is InChI=1S/C25H30N2O4/c1-24(16-30-24)27(25(2)17-31-25)21-9-5-19(6-10-21)11-18-3-7-20(8-4-18)26(12-22-14-28-22)13-23-15-29-23/h3-10,22-23H,11-17H2,1-2H3. The molecule has 0 radical (unpaired) electrons. The molecule has 4 fully saturated rings. The molecule has 0 saturated carbocycles. The first kappa shape index (κ1) is 19.6. The number of epoxide rings is 4. The van der Waals surface area contributed by atoms with Crippen LogP contribution in [0.25, 0.3) is 0 Å². The van der Waals surface area contributed by atoms with Gasteiger partial charge >= 0.3 is 0 Å². The van der Waals surface area contributed by atoms with Gasteiger partial charge in [0.15, 0.2) is 11.4 Å². The highest BCUT2D eigenvalue weighted by molar-refractivity contribution is 5.54. The lowest BCUT2D eigenvalue weighted by atomic mass is 10.0. The van der Waals surface area contributed by atoms with E-state index in [4.69, 9.17) is 18.9 Å². The van der Waals surface area contributed by atoms with Gasteiger partial charge in [0.25, 0.3) is 0 Å². The summed E-state index contributed by atoms with van der Waals surface area (Å²) in [4.78, 5) is 4.67. The fourth-order valence-corrected chi connectivity index (χ4v) is 4.46. The van der Waals surface area contributed by atoms with Crippen LogP contribution < -0.4 is 9.80 Å². The maximum absolute atomic E-state index is 5.72. The largest absolute Gasteiger partial charge is 0.371 e. The van der Waals surface area contributed by atoms with Gasteiger partial charge in [-0.05, 0) is 55.7 Å². The van der Waals surface area contributed by atoms with E-state index in [1.165, 1.54) is 16.8 Å². The van der Waals surface area contributed by atoms with Gasteiger partial charge in [-0.1, -0.05) is 24.3 Å². The minimum atomic E-state index is -0.245. The predicted octanol–water partition coefficient (Wildman–Crippen LogP) is 3.18. The van der Waals surface area contributed by atoms with Crippen molar-refractivity contribution < 1.29 is 18.9 Å². The fraction of sp³-hybridized carbons (Fsp3) is 0.520. The molecule has 2 aromatic rings. The molecule has 0 N–H and O–H groups in total. The molecular formula is C25H30N2O4. The van der Waals surface area contributed by atoms with Gasteiger partial charge < -0.3 is 28.7 Å². The van der Waals surface area contributed by atoms with Crippen LogP contribution in [0.2, 0.25) is 0 Å². The van der Waals surface area contributed by atoms with Crippen molar-refractivity contribution in [2.75, 3.05) is 49.3 Å². The van der Waals surface area contributed by atoms with E-state index < -0.39 is 0 Å². The van der Waals surface area contributed by atoms with Crippen LogP contribution in [0.5, 0.6) is 0 Å². The van der Waals surface area contributed by atoms with Crippen LogP contribution in [-0.2, 0) is 25.4 Å². The molecule has 4 saturated heterocycles. The SMILES string of the molecule is CC1(N(c2ccc(Cc3ccc(N(CC4CO4)CC4CO4)cc3)cc2)C2(C)CO2)CO1. The Morgan fingerprint density at radius 3 is 1.55 bits per heavy atom. The molecule has 31 heavy (non-hydrogen) atoms. The van der Waals surface area contributed by atoms with Gasteiger partial charge in [-0.15, -0.1) is 0 Å². The lowest BCUT2D eigenvalue weighted by Gasteiger charge is -2.32. The van der Waals surface area contributed by atoms with Crippen LogP contribution in [0.3, 0.4) is 0 Å². The molecule has 4 atom stereocenters. The molecule has 4 unspecified atom stereocenters. The summed E-state index contributed by atoms with van der Waals surface area (Å²) >= 11 is 0. The van der Waals surface area contributed by atoms with Crippen molar-refractivity contribution in [1.82, 2.24) is 0 Å². The van der Waals surface area contributed by atoms with Gasteiger partial charge in [0.1, 0.15) is 0 Å². The lowest BCUT2D eigenvalue weighted by Crippen LogP contribution is -2.46. The zero-order chi connectivity index (χ0) is 21.1. The first-order chi connectivity index (χ1) is 15.0. The van der Waals surface area contributed by atoms with E-state index in [9.17, 15) is 0 Å².